The first kappa shape index (κ1) is 21.2. The molecule has 31 heavy (non-hydrogen) atoms. The van der Waals surface area contributed by atoms with Crippen molar-refractivity contribution < 1.29 is 9.59 Å². The van der Waals surface area contributed by atoms with Crippen molar-refractivity contribution in [3.05, 3.63) is 65.2 Å². The monoisotopic (exact) mass is 420 g/mol. The number of nitrogens with one attached hydrogen (secondary N) is 1. The predicted octanol–water partition coefficient (Wildman–Crippen LogP) is 3.48. The van der Waals surface area contributed by atoms with Crippen LogP contribution in [0.3, 0.4) is 0 Å². The molecule has 0 saturated carbocycles. The van der Waals surface area contributed by atoms with Crippen LogP contribution in [-0.4, -0.2) is 68.1 Å². The summed E-state index contributed by atoms with van der Waals surface area (Å²) in [6, 6.07) is 16.6. The van der Waals surface area contributed by atoms with E-state index in [0.717, 1.165) is 56.7 Å². The highest BCUT2D eigenvalue weighted by atomic mass is 16.2. The number of urea groups is 1. The van der Waals surface area contributed by atoms with E-state index >= 15 is 0 Å². The molecule has 1 N–H and O–H groups in total. The summed E-state index contributed by atoms with van der Waals surface area (Å²) in [6.07, 6.45) is 2.03. The predicted molar refractivity (Wildman–Crippen MR) is 124 cm³/mol. The summed E-state index contributed by atoms with van der Waals surface area (Å²) in [6.45, 7) is 6.73. The number of amides is 3. The molecule has 6 nitrogen and oxygen atoms in total. The summed E-state index contributed by atoms with van der Waals surface area (Å²) in [4.78, 5) is 31.4. The van der Waals surface area contributed by atoms with Gasteiger partial charge < -0.3 is 20.0 Å². The summed E-state index contributed by atoms with van der Waals surface area (Å²) < 4.78 is 0. The number of anilines is 1. The van der Waals surface area contributed by atoms with Crippen LogP contribution in [-0.2, 0) is 0 Å². The van der Waals surface area contributed by atoms with Crippen LogP contribution in [0.4, 0.5) is 10.5 Å². The van der Waals surface area contributed by atoms with Gasteiger partial charge in [-0.3, -0.25) is 4.79 Å². The maximum absolute atomic E-state index is 13.2. The summed E-state index contributed by atoms with van der Waals surface area (Å²) in [5.74, 6) is 0.376. The minimum atomic E-state index is -0.0246. The van der Waals surface area contributed by atoms with Crippen LogP contribution in [0, 0.1) is 6.92 Å². The molecule has 2 aromatic carbocycles. The largest absolute Gasteiger partial charge is 0.368 e. The fourth-order valence-electron chi connectivity index (χ4n) is 4.62. The SMILES string of the molecule is CNC(=O)N1CCC[C@@H](c2cccc(C(=O)N3CCN(c4ccc(C)cc4)CC3)c2)C1. The Labute approximate surface area is 184 Å². The van der Waals surface area contributed by atoms with E-state index in [4.69, 9.17) is 0 Å². The van der Waals surface area contributed by atoms with Gasteiger partial charge in [0.2, 0.25) is 0 Å². The molecule has 0 unspecified atom stereocenters. The Morgan fingerprint density at radius 3 is 2.39 bits per heavy atom. The van der Waals surface area contributed by atoms with E-state index in [1.54, 1.807) is 7.05 Å². The Hall–Kier alpha value is -3.02. The molecule has 0 aromatic heterocycles. The average Bonchev–Trinajstić information content (AvgIpc) is 2.84. The van der Waals surface area contributed by atoms with Crippen LogP contribution >= 0.6 is 0 Å². The number of nitrogens with zero attached hydrogens (tertiary/aromatic N) is 3. The zero-order valence-corrected chi connectivity index (χ0v) is 18.5. The second kappa shape index (κ2) is 9.41. The normalized spacial score (nSPS) is 19.3. The van der Waals surface area contributed by atoms with Crippen LogP contribution < -0.4 is 10.2 Å². The molecule has 1 atom stereocenters. The van der Waals surface area contributed by atoms with Gasteiger partial charge in [-0.1, -0.05) is 29.8 Å². The van der Waals surface area contributed by atoms with Crippen LogP contribution in [0.5, 0.6) is 0 Å². The molecular weight excluding hydrogens is 388 g/mol. The van der Waals surface area contributed by atoms with Gasteiger partial charge in [0.05, 0.1) is 0 Å². The van der Waals surface area contributed by atoms with Gasteiger partial charge in [-0.05, 0) is 49.6 Å². The molecule has 2 saturated heterocycles. The zero-order valence-electron chi connectivity index (χ0n) is 18.5. The quantitative estimate of drug-likeness (QED) is 0.827. The molecule has 2 aliphatic heterocycles. The number of hydrogen-bond acceptors (Lipinski definition) is 3. The topological polar surface area (TPSA) is 55.9 Å². The van der Waals surface area contributed by atoms with Crippen LogP contribution in [0.2, 0.25) is 0 Å². The lowest BCUT2D eigenvalue weighted by Gasteiger charge is -2.36. The molecule has 2 heterocycles. The van der Waals surface area contributed by atoms with Crippen molar-refractivity contribution >= 4 is 17.6 Å². The van der Waals surface area contributed by atoms with E-state index < -0.39 is 0 Å². The Balaban J connectivity index is 1.39. The van der Waals surface area contributed by atoms with Crippen molar-refractivity contribution in [1.29, 1.82) is 0 Å². The molecule has 2 aliphatic rings. The lowest BCUT2D eigenvalue weighted by atomic mass is 9.89. The van der Waals surface area contributed by atoms with Crippen molar-refractivity contribution in [1.82, 2.24) is 15.1 Å². The Morgan fingerprint density at radius 1 is 0.935 bits per heavy atom. The number of benzene rings is 2. The standard InChI is InChI=1S/C25H32N4O2/c1-19-8-10-23(11-9-19)27-13-15-28(16-14-27)24(30)21-6-3-5-20(17-21)22-7-4-12-29(18-22)25(31)26-2/h3,5-6,8-11,17,22H,4,7,12-16,18H2,1-2H3,(H,26,31)/t22-/m1/s1. The van der Waals surface area contributed by atoms with E-state index in [9.17, 15) is 9.59 Å². The maximum atomic E-state index is 13.2. The molecule has 6 heteroatoms. The third kappa shape index (κ3) is 4.84. The first-order valence-electron chi connectivity index (χ1n) is 11.2. The van der Waals surface area contributed by atoms with Crippen molar-refractivity contribution in [2.75, 3.05) is 51.2 Å². The van der Waals surface area contributed by atoms with Crippen molar-refractivity contribution in [3.8, 4) is 0 Å². The van der Waals surface area contributed by atoms with Gasteiger partial charge in [0.1, 0.15) is 0 Å². The van der Waals surface area contributed by atoms with Crippen molar-refractivity contribution in [2.24, 2.45) is 0 Å². The van der Waals surface area contributed by atoms with Gasteiger partial charge in [-0.15, -0.1) is 0 Å². The highest BCUT2D eigenvalue weighted by Crippen LogP contribution is 2.28. The second-order valence-electron chi connectivity index (χ2n) is 8.58. The van der Waals surface area contributed by atoms with Crippen molar-refractivity contribution in [2.45, 2.75) is 25.7 Å². The molecule has 0 bridgehead atoms. The molecular formula is C25H32N4O2. The summed E-state index contributed by atoms with van der Waals surface area (Å²) in [5.41, 5.74) is 4.38. The zero-order chi connectivity index (χ0) is 21.8. The van der Waals surface area contributed by atoms with Gasteiger partial charge in [0.25, 0.3) is 5.91 Å². The lowest BCUT2D eigenvalue weighted by Crippen LogP contribution is -2.48. The number of carbonyl (C=O) groups is 2. The Morgan fingerprint density at radius 2 is 1.68 bits per heavy atom. The minimum Gasteiger partial charge on any atom is -0.368 e. The summed E-state index contributed by atoms with van der Waals surface area (Å²) in [5, 5.41) is 2.72. The third-order valence-electron chi connectivity index (χ3n) is 6.49. The maximum Gasteiger partial charge on any atom is 0.317 e. The smallest absolute Gasteiger partial charge is 0.317 e. The molecule has 0 aliphatic carbocycles. The molecule has 0 radical (unpaired) electrons. The Bertz CT molecular complexity index is 919. The van der Waals surface area contributed by atoms with E-state index in [0.29, 0.717) is 6.54 Å². The number of rotatable bonds is 3. The molecule has 164 valence electrons. The van der Waals surface area contributed by atoms with E-state index in [2.05, 4.69) is 47.5 Å². The minimum absolute atomic E-state index is 0.0246. The highest BCUT2D eigenvalue weighted by Gasteiger charge is 2.26. The second-order valence-corrected chi connectivity index (χ2v) is 8.58. The fraction of sp³-hybridized carbons (Fsp3) is 0.440. The fourth-order valence-corrected chi connectivity index (χ4v) is 4.62. The number of hydrogen-bond donors (Lipinski definition) is 1. The lowest BCUT2D eigenvalue weighted by molar-refractivity contribution is 0.0746. The van der Waals surface area contributed by atoms with Gasteiger partial charge in [0.15, 0.2) is 0 Å². The molecule has 3 amide bonds. The number of piperazine rings is 1. The number of piperidine rings is 1. The van der Waals surface area contributed by atoms with E-state index in [1.165, 1.54) is 11.3 Å². The number of likely N-dealkylation sites (tertiary alicyclic amines) is 1. The number of carbonyl (C=O) groups excluding carboxylic acids is 2. The van der Waals surface area contributed by atoms with Gasteiger partial charge >= 0.3 is 6.03 Å². The van der Waals surface area contributed by atoms with Gasteiger partial charge in [-0.2, -0.15) is 0 Å². The highest BCUT2D eigenvalue weighted by molar-refractivity contribution is 5.94. The van der Waals surface area contributed by atoms with E-state index in [1.807, 2.05) is 28.0 Å². The van der Waals surface area contributed by atoms with Gasteiger partial charge in [0, 0.05) is 63.5 Å². The molecule has 2 fully saturated rings. The molecule has 0 spiro atoms. The van der Waals surface area contributed by atoms with E-state index in [-0.39, 0.29) is 17.9 Å². The van der Waals surface area contributed by atoms with Crippen LogP contribution in [0.15, 0.2) is 48.5 Å². The number of aryl methyl sites for hydroxylation is 1. The first-order chi connectivity index (χ1) is 15.0. The van der Waals surface area contributed by atoms with Gasteiger partial charge in [-0.25, -0.2) is 4.79 Å². The third-order valence-corrected chi connectivity index (χ3v) is 6.49. The summed E-state index contributed by atoms with van der Waals surface area (Å²) >= 11 is 0. The van der Waals surface area contributed by atoms with Crippen LogP contribution in [0.1, 0.15) is 40.2 Å². The molecule has 4 rings (SSSR count). The van der Waals surface area contributed by atoms with Crippen LogP contribution in [0.25, 0.3) is 0 Å². The average molecular weight is 421 g/mol. The first-order valence-corrected chi connectivity index (χ1v) is 11.2. The van der Waals surface area contributed by atoms with Crippen molar-refractivity contribution in [3.63, 3.8) is 0 Å². The summed E-state index contributed by atoms with van der Waals surface area (Å²) in [7, 11) is 1.67. The molecule has 2 aromatic rings. The Kier molecular flexibility index (Phi) is 6.44.